The number of hydrogen-bond acceptors (Lipinski definition) is 3. The summed E-state index contributed by atoms with van der Waals surface area (Å²) >= 11 is 0. The van der Waals surface area contributed by atoms with Crippen molar-refractivity contribution in [2.24, 2.45) is 0 Å². The van der Waals surface area contributed by atoms with Gasteiger partial charge in [0.25, 0.3) is 0 Å². The van der Waals surface area contributed by atoms with Crippen molar-refractivity contribution in [1.29, 1.82) is 0 Å². The fourth-order valence-corrected chi connectivity index (χ4v) is 3.58. The third-order valence-corrected chi connectivity index (χ3v) is 4.91. The molecule has 3 aromatic rings. The molecule has 0 radical (unpaired) electrons. The van der Waals surface area contributed by atoms with Gasteiger partial charge in [0, 0.05) is 5.57 Å². The standard InChI is InChI=1S/C25H22O3/c26-25(27)17-16-22(28-18-19-10-4-1-5-11-19)23(20-12-6-2-7-13-20)24(25)21-14-8-3-9-15-21/h1-17,24,26-27H,18H2. The molecule has 1 atom stereocenters. The zero-order valence-electron chi connectivity index (χ0n) is 15.4. The summed E-state index contributed by atoms with van der Waals surface area (Å²) in [6.07, 6.45) is 3.06. The lowest BCUT2D eigenvalue weighted by molar-refractivity contribution is -0.127. The molecule has 1 aliphatic carbocycles. The van der Waals surface area contributed by atoms with E-state index in [1.165, 1.54) is 6.08 Å². The number of hydrogen-bond donors (Lipinski definition) is 2. The molecule has 1 aliphatic rings. The van der Waals surface area contributed by atoms with Crippen LogP contribution >= 0.6 is 0 Å². The van der Waals surface area contributed by atoms with E-state index in [4.69, 9.17) is 4.74 Å². The number of aliphatic hydroxyl groups is 2. The van der Waals surface area contributed by atoms with Gasteiger partial charge in [0.2, 0.25) is 0 Å². The summed E-state index contributed by atoms with van der Waals surface area (Å²) in [6.45, 7) is 0.405. The van der Waals surface area contributed by atoms with Crippen LogP contribution in [0.1, 0.15) is 22.6 Å². The van der Waals surface area contributed by atoms with E-state index in [0.717, 1.165) is 22.3 Å². The van der Waals surface area contributed by atoms with Crippen LogP contribution in [0.25, 0.3) is 5.57 Å². The van der Waals surface area contributed by atoms with Gasteiger partial charge in [-0.05, 0) is 28.8 Å². The van der Waals surface area contributed by atoms with Gasteiger partial charge >= 0.3 is 0 Å². The highest BCUT2D eigenvalue weighted by Crippen LogP contribution is 2.45. The van der Waals surface area contributed by atoms with E-state index < -0.39 is 11.7 Å². The summed E-state index contributed by atoms with van der Waals surface area (Å²) in [5.74, 6) is -2.03. The summed E-state index contributed by atoms with van der Waals surface area (Å²) in [5, 5.41) is 21.6. The molecule has 28 heavy (non-hydrogen) atoms. The van der Waals surface area contributed by atoms with Crippen molar-refractivity contribution in [2.75, 3.05) is 0 Å². The van der Waals surface area contributed by atoms with Gasteiger partial charge < -0.3 is 14.9 Å². The highest BCUT2D eigenvalue weighted by atomic mass is 16.5. The molecule has 0 bridgehead atoms. The number of benzene rings is 3. The van der Waals surface area contributed by atoms with Gasteiger partial charge in [-0.15, -0.1) is 0 Å². The normalized spacial score (nSPS) is 18.1. The molecule has 3 heteroatoms. The van der Waals surface area contributed by atoms with E-state index in [9.17, 15) is 10.2 Å². The Morgan fingerprint density at radius 1 is 0.750 bits per heavy atom. The topological polar surface area (TPSA) is 49.7 Å². The summed E-state index contributed by atoms with van der Waals surface area (Å²) in [5.41, 5.74) is 3.53. The number of rotatable bonds is 5. The zero-order chi connectivity index (χ0) is 19.4. The first-order valence-corrected chi connectivity index (χ1v) is 9.30. The molecule has 2 N–H and O–H groups in total. The van der Waals surface area contributed by atoms with Crippen LogP contribution in [-0.2, 0) is 11.3 Å². The maximum absolute atomic E-state index is 10.8. The molecule has 3 nitrogen and oxygen atoms in total. The van der Waals surface area contributed by atoms with Crippen molar-refractivity contribution in [3.63, 3.8) is 0 Å². The molecule has 4 rings (SSSR count). The van der Waals surface area contributed by atoms with Crippen LogP contribution in [0.15, 0.2) is 109 Å². The van der Waals surface area contributed by atoms with E-state index in [1.54, 1.807) is 6.08 Å². The molecule has 0 saturated carbocycles. The molecule has 0 amide bonds. The monoisotopic (exact) mass is 370 g/mol. The lowest BCUT2D eigenvalue weighted by Gasteiger charge is -2.35. The van der Waals surface area contributed by atoms with Gasteiger partial charge in [-0.3, -0.25) is 0 Å². The van der Waals surface area contributed by atoms with Crippen LogP contribution in [-0.4, -0.2) is 16.0 Å². The molecule has 0 aromatic heterocycles. The Balaban J connectivity index is 1.80. The molecule has 0 fully saturated rings. The maximum Gasteiger partial charge on any atom is 0.194 e. The Morgan fingerprint density at radius 2 is 1.32 bits per heavy atom. The second kappa shape index (κ2) is 7.85. The predicted molar refractivity (Wildman–Crippen MR) is 110 cm³/mol. The highest BCUT2D eigenvalue weighted by Gasteiger charge is 2.41. The Morgan fingerprint density at radius 3 is 1.96 bits per heavy atom. The van der Waals surface area contributed by atoms with Gasteiger partial charge in [0.1, 0.15) is 12.4 Å². The smallest absolute Gasteiger partial charge is 0.194 e. The minimum Gasteiger partial charge on any atom is -0.489 e. The first kappa shape index (κ1) is 18.2. The van der Waals surface area contributed by atoms with E-state index in [1.807, 2.05) is 91.0 Å². The zero-order valence-corrected chi connectivity index (χ0v) is 15.4. The quantitative estimate of drug-likeness (QED) is 0.643. The van der Waals surface area contributed by atoms with Crippen LogP contribution in [0.4, 0.5) is 0 Å². The van der Waals surface area contributed by atoms with Crippen LogP contribution in [0.2, 0.25) is 0 Å². The number of allylic oxidation sites excluding steroid dienone is 1. The second-order valence-corrected chi connectivity index (χ2v) is 6.88. The summed E-state index contributed by atoms with van der Waals surface area (Å²) < 4.78 is 6.15. The molecule has 0 aliphatic heterocycles. The highest BCUT2D eigenvalue weighted by molar-refractivity contribution is 5.77. The van der Waals surface area contributed by atoms with Crippen molar-refractivity contribution in [3.8, 4) is 0 Å². The van der Waals surface area contributed by atoms with Crippen molar-refractivity contribution in [2.45, 2.75) is 18.3 Å². The van der Waals surface area contributed by atoms with Crippen molar-refractivity contribution >= 4 is 5.57 Å². The molecular formula is C25H22O3. The number of ether oxygens (including phenoxy) is 1. The molecule has 0 saturated heterocycles. The summed E-state index contributed by atoms with van der Waals surface area (Å²) in [6, 6.07) is 29.2. The average Bonchev–Trinajstić information content (AvgIpc) is 2.74. The van der Waals surface area contributed by atoms with Crippen molar-refractivity contribution < 1.29 is 14.9 Å². The Kier molecular flexibility index (Phi) is 5.11. The Hall–Kier alpha value is -3.14. The van der Waals surface area contributed by atoms with Gasteiger partial charge in [0.15, 0.2) is 5.79 Å². The van der Waals surface area contributed by atoms with Crippen molar-refractivity contribution in [3.05, 3.63) is 126 Å². The third kappa shape index (κ3) is 3.77. The largest absolute Gasteiger partial charge is 0.489 e. The first-order chi connectivity index (χ1) is 13.6. The van der Waals surface area contributed by atoms with Gasteiger partial charge in [-0.1, -0.05) is 91.0 Å². The fourth-order valence-electron chi connectivity index (χ4n) is 3.58. The minimum atomic E-state index is -2.01. The molecule has 1 unspecified atom stereocenters. The van der Waals surface area contributed by atoms with Gasteiger partial charge in [-0.2, -0.15) is 0 Å². The summed E-state index contributed by atoms with van der Waals surface area (Å²) in [7, 11) is 0. The lowest BCUT2D eigenvalue weighted by atomic mass is 9.77. The van der Waals surface area contributed by atoms with E-state index in [0.29, 0.717) is 12.4 Å². The average molecular weight is 370 g/mol. The van der Waals surface area contributed by atoms with Crippen LogP contribution in [0.5, 0.6) is 0 Å². The van der Waals surface area contributed by atoms with Gasteiger partial charge in [0.05, 0.1) is 5.92 Å². The molecular weight excluding hydrogens is 348 g/mol. The predicted octanol–water partition coefficient (Wildman–Crippen LogP) is 4.65. The Bertz CT molecular complexity index is 974. The molecule has 3 aromatic carbocycles. The fraction of sp³-hybridized carbons (Fsp3) is 0.120. The molecule has 140 valence electrons. The van der Waals surface area contributed by atoms with Crippen LogP contribution in [0.3, 0.4) is 0 Å². The Labute approximate surface area is 164 Å². The third-order valence-electron chi connectivity index (χ3n) is 4.91. The maximum atomic E-state index is 10.8. The van der Waals surface area contributed by atoms with Crippen LogP contribution < -0.4 is 0 Å². The molecule has 0 spiro atoms. The van der Waals surface area contributed by atoms with E-state index in [-0.39, 0.29) is 0 Å². The molecule has 0 heterocycles. The van der Waals surface area contributed by atoms with Gasteiger partial charge in [-0.25, -0.2) is 0 Å². The van der Waals surface area contributed by atoms with Crippen molar-refractivity contribution in [1.82, 2.24) is 0 Å². The lowest BCUT2D eigenvalue weighted by Crippen LogP contribution is -2.37. The first-order valence-electron chi connectivity index (χ1n) is 9.30. The SMILES string of the molecule is OC1(O)C=CC(OCc2ccccc2)=C(c2ccccc2)C1c1ccccc1. The van der Waals surface area contributed by atoms with E-state index >= 15 is 0 Å². The second-order valence-electron chi connectivity index (χ2n) is 6.88. The summed E-state index contributed by atoms with van der Waals surface area (Å²) in [4.78, 5) is 0. The van der Waals surface area contributed by atoms with Crippen LogP contribution in [0, 0.1) is 0 Å². The van der Waals surface area contributed by atoms with E-state index in [2.05, 4.69) is 0 Å². The minimum absolute atomic E-state index is 0.405.